The standard InChI is InChI=1S/C15H15N3O5/c1-3-16-13(19)12-11(15(20)21)14(18-17-12)23-10-7-5-9(6-8-10)22-4-2/h3,5-8H,1,4H2,2H3,(H,16,19)(H,17,18)(H,20,21). The van der Waals surface area contributed by atoms with Crippen LogP contribution in [0, 0.1) is 0 Å². The minimum absolute atomic E-state index is 0.143. The summed E-state index contributed by atoms with van der Waals surface area (Å²) in [7, 11) is 0. The van der Waals surface area contributed by atoms with Crippen LogP contribution in [0.1, 0.15) is 27.8 Å². The highest BCUT2D eigenvalue weighted by Gasteiger charge is 2.26. The van der Waals surface area contributed by atoms with Crippen molar-refractivity contribution in [3.05, 3.63) is 48.3 Å². The van der Waals surface area contributed by atoms with E-state index in [1.807, 2.05) is 6.92 Å². The number of hydrogen-bond acceptors (Lipinski definition) is 5. The molecule has 0 saturated carbocycles. The van der Waals surface area contributed by atoms with Gasteiger partial charge in [-0.2, -0.15) is 5.10 Å². The zero-order valence-corrected chi connectivity index (χ0v) is 12.3. The van der Waals surface area contributed by atoms with Gasteiger partial charge in [-0.3, -0.25) is 4.79 Å². The van der Waals surface area contributed by atoms with Gasteiger partial charge in [-0.25, -0.2) is 9.89 Å². The zero-order chi connectivity index (χ0) is 16.8. The number of benzene rings is 1. The van der Waals surface area contributed by atoms with Crippen molar-refractivity contribution < 1.29 is 24.2 Å². The summed E-state index contributed by atoms with van der Waals surface area (Å²) in [4.78, 5) is 23.1. The van der Waals surface area contributed by atoms with Crippen LogP contribution < -0.4 is 14.8 Å². The highest BCUT2D eigenvalue weighted by atomic mass is 16.5. The van der Waals surface area contributed by atoms with Crippen LogP contribution in [0.4, 0.5) is 0 Å². The number of amides is 1. The first kappa shape index (κ1) is 16.1. The number of nitrogens with one attached hydrogen (secondary N) is 2. The van der Waals surface area contributed by atoms with E-state index in [1.165, 1.54) is 0 Å². The van der Waals surface area contributed by atoms with Gasteiger partial charge in [0.05, 0.1) is 6.61 Å². The van der Waals surface area contributed by atoms with Gasteiger partial charge in [0.2, 0.25) is 5.88 Å². The Labute approximate surface area is 131 Å². The fourth-order valence-electron chi connectivity index (χ4n) is 1.81. The Hall–Kier alpha value is -3.29. The van der Waals surface area contributed by atoms with E-state index in [2.05, 4.69) is 22.1 Å². The minimum atomic E-state index is -1.34. The molecule has 0 unspecified atom stereocenters. The number of rotatable bonds is 7. The van der Waals surface area contributed by atoms with Crippen molar-refractivity contribution in [3.8, 4) is 17.4 Å². The summed E-state index contributed by atoms with van der Waals surface area (Å²) >= 11 is 0. The summed E-state index contributed by atoms with van der Waals surface area (Å²) in [6, 6.07) is 6.59. The molecule has 2 rings (SSSR count). The number of carboxylic acid groups (broad SMARTS) is 1. The first-order valence-electron chi connectivity index (χ1n) is 6.71. The number of carbonyl (C=O) groups excluding carboxylic acids is 1. The number of H-pyrrole nitrogens is 1. The number of carbonyl (C=O) groups is 2. The predicted molar refractivity (Wildman–Crippen MR) is 80.9 cm³/mol. The van der Waals surface area contributed by atoms with Gasteiger partial charge in [0.15, 0.2) is 11.3 Å². The highest BCUT2D eigenvalue weighted by Crippen LogP contribution is 2.27. The number of aromatic nitrogens is 2. The number of aromatic amines is 1. The van der Waals surface area contributed by atoms with Crippen LogP contribution in [0.5, 0.6) is 17.4 Å². The van der Waals surface area contributed by atoms with Crippen LogP contribution in [0.2, 0.25) is 0 Å². The van der Waals surface area contributed by atoms with Crippen LogP contribution in [0.3, 0.4) is 0 Å². The molecule has 8 heteroatoms. The predicted octanol–water partition coefficient (Wildman–Crippen LogP) is 2.17. The van der Waals surface area contributed by atoms with E-state index in [9.17, 15) is 14.7 Å². The lowest BCUT2D eigenvalue weighted by molar-refractivity contribution is 0.0688. The summed E-state index contributed by atoms with van der Waals surface area (Å²) in [6.45, 7) is 5.74. The molecule has 0 aliphatic rings. The Morgan fingerprint density at radius 2 is 2.00 bits per heavy atom. The lowest BCUT2D eigenvalue weighted by Crippen LogP contribution is -2.20. The fourth-order valence-corrected chi connectivity index (χ4v) is 1.81. The maximum absolute atomic E-state index is 11.8. The van der Waals surface area contributed by atoms with Gasteiger partial charge in [-0.05, 0) is 37.4 Å². The number of aromatic carboxylic acids is 1. The molecule has 1 aromatic carbocycles. The normalized spacial score (nSPS) is 9.96. The van der Waals surface area contributed by atoms with E-state index in [1.54, 1.807) is 24.3 Å². The minimum Gasteiger partial charge on any atom is -0.494 e. The second-order valence-electron chi connectivity index (χ2n) is 4.27. The lowest BCUT2D eigenvalue weighted by atomic mass is 10.2. The zero-order valence-electron chi connectivity index (χ0n) is 12.3. The Kier molecular flexibility index (Phi) is 4.98. The van der Waals surface area contributed by atoms with Crippen molar-refractivity contribution in [2.75, 3.05) is 6.61 Å². The van der Waals surface area contributed by atoms with Crippen molar-refractivity contribution >= 4 is 11.9 Å². The Bertz CT molecular complexity index is 721. The van der Waals surface area contributed by atoms with E-state index in [0.717, 1.165) is 6.20 Å². The van der Waals surface area contributed by atoms with Crippen molar-refractivity contribution in [1.82, 2.24) is 15.5 Å². The Morgan fingerprint density at radius 3 is 2.57 bits per heavy atom. The van der Waals surface area contributed by atoms with Gasteiger partial charge >= 0.3 is 5.97 Å². The molecule has 0 saturated heterocycles. The van der Waals surface area contributed by atoms with E-state index in [0.29, 0.717) is 18.1 Å². The number of hydrogen-bond donors (Lipinski definition) is 3. The third-order valence-electron chi connectivity index (χ3n) is 2.75. The SMILES string of the molecule is C=CNC(=O)c1n[nH]c(Oc2ccc(OCC)cc2)c1C(=O)O. The van der Waals surface area contributed by atoms with Crippen LogP contribution in [0.25, 0.3) is 0 Å². The molecule has 8 nitrogen and oxygen atoms in total. The smallest absolute Gasteiger partial charge is 0.343 e. The topological polar surface area (TPSA) is 114 Å². The third-order valence-corrected chi connectivity index (χ3v) is 2.75. The first-order valence-corrected chi connectivity index (χ1v) is 6.71. The molecule has 23 heavy (non-hydrogen) atoms. The van der Waals surface area contributed by atoms with Crippen LogP contribution >= 0.6 is 0 Å². The van der Waals surface area contributed by atoms with Gasteiger partial charge in [-0.1, -0.05) is 6.58 Å². The Morgan fingerprint density at radius 1 is 1.35 bits per heavy atom. The van der Waals surface area contributed by atoms with E-state index in [4.69, 9.17) is 9.47 Å². The molecule has 2 aromatic rings. The molecule has 1 heterocycles. The molecule has 0 spiro atoms. The van der Waals surface area contributed by atoms with Gasteiger partial charge < -0.3 is 19.9 Å². The second-order valence-corrected chi connectivity index (χ2v) is 4.27. The third kappa shape index (κ3) is 3.67. The van der Waals surface area contributed by atoms with Crippen molar-refractivity contribution in [3.63, 3.8) is 0 Å². The molecule has 0 fully saturated rings. The van der Waals surface area contributed by atoms with Crippen LogP contribution in [0.15, 0.2) is 37.0 Å². The summed E-state index contributed by atoms with van der Waals surface area (Å²) in [6.07, 6.45) is 1.13. The van der Waals surface area contributed by atoms with Crippen molar-refractivity contribution in [2.24, 2.45) is 0 Å². The maximum atomic E-state index is 11.8. The summed E-state index contributed by atoms with van der Waals surface area (Å²) < 4.78 is 10.8. The first-order chi connectivity index (χ1) is 11.1. The molecule has 0 aliphatic carbocycles. The molecule has 3 N–H and O–H groups in total. The van der Waals surface area contributed by atoms with Crippen LogP contribution in [-0.4, -0.2) is 33.8 Å². The van der Waals surface area contributed by atoms with E-state index < -0.39 is 11.9 Å². The quantitative estimate of drug-likeness (QED) is 0.721. The number of ether oxygens (including phenoxy) is 2. The lowest BCUT2D eigenvalue weighted by Gasteiger charge is -2.06. The Balaban J connectivity index is 2.27. The second kappa shape index (κ2) is 7.12. The molecule has 120 valence electrons. The average Bonchev–Trinajstić information content (AvgIpc) is 2.94. The van der Waals surface area contributed by atoms with Crippen LogP contribution in [-0.2, 0) is 0 Å². The molecule has 0 bridgehead atoms. The molecule has 0 aliphatic heterocycles. The molecule has 1 amide bonds. The largest absolute Gasteiger partial charge is 0.494 e. The van der Waals surface area contributed by atoms with Gasteiger partial charge in [0.1, 0.15) is 11.5 Å². The molecule has 0 atom stereocenters. The number of nitrogens with zero attached hydrogens (tertiary/aromatic N) is 1. The van der Waals surface area contributed by atoms with Gasteiger partial charge in [-0.15, -0.1) is 0 Å². The van der Waals surface area contributed by atoms with E-state index >= 15 is 0 Å². The molecular weight excluding hydrogens is 302 g/mol. The summed E-state index contributed by atoms with van der Waals surface area (Å²) in [5.74, 6) is -1.15. The van der Waals surface area contributed by atoms with E-state index in [-0.39, 0.29) is 17.1 Å². The monoisotopic (exact) mass is 317 g/mol. The van der Waals surface area contributed by atoms with Gasteiger partial charge in [0, 0.05) is 0 Å². The molecule has 0 radical (unpaired) electrons. The highest BCUT2D eigenvalue weighted by molar-refractivity contribution is 6.05. The molecular formula is C15H15N3O5. The summed E-state index contributed by atoms with van der Waals surface area (Å²) in [5.41, 5.74) is -0.656. The molecule has 1 aromatic heterocycles. The summed E-state index contributed by atoms with van der Waals surface area (Å²) in [5, 5.41) is 17.6. The average molecular weight is 317 g/mol. The number of carboxylic acids is 1. The maximum Gasteiger partial charge on any atom is 0.343 e. The van der Waals surface area contributed by atoms with Gasteiger partial charge in [0.25, 0.3) is 5.91 Å². The van der Waals surface area contributed by atoms with Crippen molar-refractivity contribution in [2.45, 2.75) is 6.92 Å². The fraction of sp³-hybridized carbons (Fsp3) is 0.133. The van der Waals surface area contributed by atoms with Crippen molar-refractivity contribution in [1.29, 1.82) is 0 Å².